The van der Waals surface area contributed by atoms with Crippen molar-refractivity contribution in [1.82, 2.24) is 9.97 Å². The van der Waals surface area contributed by atoms with Crippen LogP contribution in [-0.4, -0.2) is 14.9 Å². The van der Waals surface area contributed by atoms with E-state index in [-0.39, 0.29) is 5.69 Å². The summed E-state index contributed by atoms with van der Waals surface area (Å²) in [6.45, 7) is 7.39. The molecule has 0 bridgehead atoms. The zero-order valence-corrected chi connectivity index (χ0v) is 12.1. The molecule has 0 atom stereocenters. The summed E-state index contributed by atoms with van der Waals surface area (Å²) in [6.07, 6.45) is 0. The summed E-state index contributed by atoms with van der Waals surface area (Å²) >= 11 is 3.29. The first-order valence-electron chi connectivity index (χ1n) is 5.42. The highest BCUT2D eigenvalue weighted by Gasteiger charge is 2.24. The Bertz CT molecular complexity index is 683. The fourth-order valence-electron chi connectivity index (χ4n) is 1.82. The molecule has 0 spiro atoms. The van der Waals surface area contributed by atoms with Crippen LogP contribution in [0.3, 0.4) is 0 Å². The number of hydrogen-bond acceptors (Lipinski definition) is 4. The molecule has 1 aromatic heterocycles. The van der Waals surface area contributed by atoms with Crippen molar-refractivity contribution in [3.8, 4) is 0 Å². The molecule has 5 nitrogen and oxygen atoms in total. The lowest BCUT2D eigenvalue weighted by atomic mass is 10.1. The third kappa shape index (κ3) is 1.77. The van der Waals surface area contributed by atoms with Crippen LogP contribution < -0.4 is 0 Å². The summed E-state index contributed by atoms with van der Waals surface area (Å²) in [5.74, 6) is 0. The number of aromatic nitrogens is 2. The number of nitrogens with zero attached hydrogens (tertiary/aromatic N) is 3. The largest absolute Gasteiger partial charge is 0.311 e. The molecular weight excluding hydrogens is 298 g/mol. The molecule has 0 saturated heterocycles. The quantitative estimate of drug-likeness (QED) is 0.597. The Kier molecular flexibility index (Phi) is 3.06. The third-order valence-electron chi connectivity index (χ3n) is 3.17. The van der Waals surface area contributed by atoms with Crippen molar-refractivity contribution in [1.29, 1.82) is 0 Å². The van der Waals surface area contributed by atoms with Crippen LogP contribution in [0.1, 0.15) is 22.5 Å². The van der Waals surface area contributed by atoms with Crippen molar-refractivity contribution in [3.63, 3.8) is 0 Å². The lowest BCUT2D eigenvalue weighted by molar-refractivity contribution is -0.384. The smallest absolute Gasteiger partial charge is 0.258 e. The van der Waals surface area contributed by atoms with E-state index in [0.717, 1.165) is 16.8 Å². The molecule has 0 amide bonds. The van der Waals surface area contributed by atoms with Crippen molar-refractivity contribution in [2.24, 2.45) is 0 Å². The van der Waals surface area contributed by atoms with Crippen LogP contribution in [0.4, 0.5) is 5.69 Å². The Morgan fingerprint density at radius 1 is 1.00 bits per heavy atom. The van der Waals surface area contributed by atoms with E-state index in [1.54, 1.807) is 6.92 Å². The number of halogens is 1. The molecule has 0 unspecified atom stereocenters. The van der Waals surface area contributed by atoms with Gasteiger partial charge in [-0.05, 0) is 54.8 Å². The van der Waals surface area contributed by atoms with E-state index in [0.29, 0.717) is 21.2 Å². The van der Waals surface area contributed by atoms with Crippen molar-refractivity contribution in [2.45, 2.75) is 27.7 Å². The second kappa shape index (κ2) is 4.28. The van der Waals surface area contributed by atoms with E-state index in [4.69, 9.17) is 0 Å². The van der Waals surface area contributed by atoms with Crippen molar-refractivity contribution in [2.75, 3.05) is 0 Å². The molecule has 0 aliphatic carbocycles. The Labute approximate surface area is 113 Å². The zero-order valence-electron chi connectivity index (χ0n) is 10.5. The molecular formula is C12H12BrN3O2. The monoisotopic (exact) mass is 309 g/mol. The zero-order chi connectivity index (χ0) is 13.6. The van der Waals surface area contributed by atoms with E-state index < -0.39 is 4.92 Å². The van der Waals surface area contributed by atoms with E-state index in [1.165, 1.54) is 0 Å². The average molecular weight is 310 g/mol. The molecule has 2 aromatic rings. The Hall–Kier alpha value is -1.56. The number of rotatable bonds is 1. The first kappa shape index (κ1) is 12.9. The lowest BCUT2D eigenvalue weighted by Gasteiger charge is -2.10. The van der Waals surface area contributed by atoms with Crippen molar-refractivity contribution in [3.05, 3.63) is 37.1 Å². The number of aryl methyl sites for hydroxylation is 3. The van der Waals surface area contributed by atoms with Crippen LogP contribution in [0.2, 0.25) is 0 Å². The number of nitro benzene ring substituents is 1. The molecule has 2 rings (SSSR count). The van der Waals surface area contributed by atoms with E-state index >= 15 is 0 Å². The van der Waals surface area contributed by atoms with Gasteiger partial charge in [-0.1, -0.05) is 0 Å². The molecule has 0 aliphatic heterocycles. The van der Waals surface area contributed by atoms with Gasteiger partial charge in [0.2, 0.25) is 0 Å². The molecule has 18 heavy (non-hydrogen) atoms. The Morgan fingerprint density at radius 2 is 1.50 bits per heavy atom. The van der Waals surface area contributed by atoms with Gasteiger partial charge in [-0.2, -0.15) is 0 Å². The topological polar surface area (TPSA) is 68.9 Å². The number of fused-ring (bicyclic) bond motifs is 1. The maximum atomic E-state index is 11.2. The second-order valence-electron chi connectivity index (χ2n) is 4.26. The van der Waals surface area contributed by atoms with Gasteiger partial charge >= 0.3 is 5.69 Å². The highest BCUT2D eigenvalue weighted by molar-refractivity contribution is 9.10. The normalized spacial score (nSPS) is 10.9. The van der Waals surface area contributed by atoms with Crippen LogP contribution in [-0.2, 0) is 0 Å². The van der Waals surface area contributed by atoms with Crippen molar-refractivity contribution < 1.29 is 4.92 Å². The molecule has 0 fully saturated rings. The maximum absolute atomic E-state index is 11.2. The summed E-state index contributed by atoms with van der Waals surface area (Å²) < 4.78 is 0.482. The van der Waals surface area contributed by atoms with E-state index in [2.05, 4.69) is 25.9 Å². The van der Waals surface area contributed by atoms with Gasteiger partial charge < -0.3 is 0 Å². The second-order valence-corrected chi connectivity index (χ2v) is 5.05. The number of benzene rings is 1. The minimum absolute atomic E-state index is 0.0105. The van der Waals surface area contributed by atoms with Crippen LogP contribution in [0.15, 0.2) is 4.47 Å². The standard InChI is InChI=1S/C12H12BrN3O2/c1-5-6(2)10-11(12(9(5)13)16(17)18)15-8(4)7(3)14-10/h1-4H3. The van der Waals surface area contributed by atoms with Gasteiger partial charge in [-0.3, -0.25) is 10.1 Å². The lowest BCUT2D eigenvalue weighted by Crippen LogP contribution is -2.02. The molecule has 0 radical (unpaired) electrons. The summed E-state index contributed by atoms with van der Waals surface area (Å²) in [5.41, 5.74) is 4.18. The predicted molar refractivity (Wildman–Crippen MR) is 72.8 cm³/mol. The minimum Gasteiger partial charge on any atom is -0.258 e. The molecule has 1 heterocycles. The summed E-state index contributed by atoms with van der Waals surface area (Å²) in [4.78, 5) is 19.5. The van der Waals surface area contributed by atoms with Gasteiger partial charge in [0.25, 0.3) is 0 Å². The summed E-state index contributed by atoms with van der Waals surface area (Å²) in [5, 5.41) is 11.2. The molecule has 0 N–H and O–H groups in total. The Balaban J connectivity index is 3.07. The van der Waals surface area contributed by atoms with Gasteiger partial charge in [0, 0.05) is 0 Å². The van der Waals surface area contributed by atoms with Gasteiger partial charge in [0.1, 0.15) is 4.47 Å². The first-order valence-corrected chi connectivity index (χ1v) is 6.22. The van der Waals surface area contributed by atoms with Crippen LogP contribution in [0.5, 0.6) is 0 Å². The average Bonchev–Trinajstić information content (AvgIpc) is 2.29. The predicted octanol–water partition coefficient (Wildman–Crippen LogP) is 3.53. The maximum Gasteiger partial charge on any atom is 0.311 e. The highest BCUT2D eigenvalue weighted by atomic mass is 79.9. The highest BCUT2D eigenvalue weighted by Crippen LogP contribution is 2.37. The molecule has 94 valence electrons. The first-order chi connectivity index (χ1) is 8.34. The molecule has 0 aliphatic rings. The molecule has 1 aromatic carbocycles. The van der Waals surface area contributed by atoms with Gasteiger partial charge in [0.15, 0.2) is 5.52 Å². The van der Waals surface area contributed by atoms with Gasteiger partial charge in [0.05, 0.1) is 21.8 Å². The molecule has 0 saturated carbocycles. The number of nitro groups is 1. The Morgan fingerprint density at radius 3 is 2.00 bits per heavy atom. The van der Waals surface area contributed by atoms with Crippen LogP contribution in [0, 0.1) is 37.8 Å². The molecule has 6 heteroatoms. The SMILES string of the molecule is Cc1nc2c(C)c(C)c(Br)c([N+](=O)[O-])c2nc1C. The fraction of sp³-hybridized carbons (Fsp3) is 0.333. The van der Waals surface area contributed by atoms with Gasteiger partial charge in [-0.15, -0.1) is 0 Å². The van der Waals surface area contributed by atoms with Crippen LogP contribution in [0.25, 0.3) is 11.0 Å². The minimum atomic E-state index is -0.414. The third-order valence-corrected chi connectivity index (χ3v) is 4.14. The van der Waals surface area contributed by atoms with Crippen LogP contribution >= 0.6 is 15.9 Å². The van der Waals surface area contributed by atoms with Crippen molar-refractivity contribution >= 4 is 32.7 Å². The van der Waals surface area contributed by atoms with E-state index in [9.17, 15) is 10.1 Å². The van der Waals surface area contributed by atoms with Gasteiger partial charge in [-0.25, -0.2) is 9.97 Å². The van der Waals surface area contributed by atoms with E-state index in [1.807, 2.05) is 20.8 Å². The summed E-state index contributed by atoms with van der Waals surface area (Å²) in [7, 11) is 0. The fourth-order valence-corrected chi connectivity index (χ4v) is 2.45. The number of hydrogen-bond donors (Lipinski definition) is 0. The summed E-state index contributed by atoms with van der Waals surface area (Å²) in [6, 6.07) is 0.